The molecule has 346 valence electrons. The predicted molar refractivity (Wildman–Crippen MR) is 231 cm³/mol. The number of carbonyl (C=O) groups is 3. The van der Waals surface area contributed by atoms with Gasteiger partial charge < -0.3 is 43.3 Å². The summed E-state index contributed by atoms with van der Waals surface area (Å²) in [5.41, 5.74) is -0.405. The zero-order chi connectivity index (χ0) is 45.5. The fourth-order valence-corrected chi connectivity index (χ4v) is 10.9. The van der Waals surface area contributed by atoms with E-state index in [9.17, 15) is 19.5 Å². The third-order valence-corrected chi connectivity index (χ3v) is 14.3. The average Bonchev–Trinajstić information content (AvgIpc) is 3.52. The van der Waals surface area contributed by atoms with Crippen molar-refractivity contribution in [2.45, 2.75) is 141 Å². The maximum Gasteiger partial charge on any atom is 0.411 e. The first-order valence-corrected chi connectivity index (χ1v) is 22.6. The number of carbonyl (C=O) groups excluding carboxylic acids is 3. The Morgan fingerprint density at radius 1 is 1.05 bits per heavy atom. The van der Waals surface area contributed by atoms with E-state index >= 15 is 0 Å². The first-order valence-electron chi connectivity index (χ1n) is 22.3. The van der Waals surface area contributed by atoms with Gasteiger partial charge in [0.05, 0.1) is 72.7 Å². The van der Waals surface area contributed by atoms with Crippen molar-refractivity contribution < 1.29 is 52.7 Å². The Kier molecular flexibility index (Phi) is 14.2. The quantitative estimate of drug-likeness (QED) is 0.194. The van der Waals surface area contributed by atoms with Crippen LogP contribution in [0, 0.1) is 29.6 Å². The van der Waals surface area contributed by atoms with Crippen molar-refractivity contribution in [3.05, 3.63) is 47.4 Å². The molecule has 3 unspecified atom stereocenters. The van der Waals surface area contributed by atoms with Gasteiger partial charge in [-0.25, -0.2) is 14.8 Å². The maximum atomic E-state index is 14.9. The Balaban J connectivity index is 1.35. The number of halogens is 1. The average molecular weight is 898 g/mol. The van der Waals surface area contributed by atoms with Crippen LogP contribution in [0.3, 0.4) is 0 Å². The second-order valence-corrected chi connectivity index (χ2v) is 19.2. The molecule has 5 aliphatic rings. The van der Waals surface area contributed by atoms with Gasteiger partial charge in [-0.3, -0.25) is 14.5 Å². The van der Waals surface area contributed by atoms with Gasteiger partial charge in [0.1, 0.15) is 23.1 Å². The van der Waals surface area contributed by atoms with E-state index in [4.69, 9.17) is 55.0 Å². The summed E-state index contributed by atoms with van der Waals surface area (Å²) >= 11 is 6.40. The molecule has 1 amide bonds. The number of nitrogens with zero attached hydrogens (tertiary/aromatic N) is 5. The van der Waals surface area contributed by atoms with Crippen molar-refractivity contribution in [1.82, 2.24) is 19.8 Å². The van der Waals surface area contributed by atoms with E-state index in [0.717, 1.165) is 0 Å². The molecule has 63 heavy (non-hydrogen) atoms. The van der Waals surface area contributed by atoms with Crippen molar-refractivity contribution in [1.29, 1.82) is 0 Å². The largest absolute Gasteiger partial charge is 0.458 e. The van der Waals surface area contributed by atoms with E-state index in [-0.39, 0.29) is 50.7 Å². The molecule has 0 aromatic carbocycles. The van der Waals surface area contributed by atoms with Crippen molar-refractivity contribution in [3.8, 4) is 11.3 Å². The molecular weight excluding hydrogens is 834 g/mol. The van der Waals surface area contributed by atoms with Gasteiger partial charge in [0, 0.05) is 41.5 Å². The molecule has 0 spiro atoms. The van der Waals surface area contributed by atoms with Crippen LogP contribution in [0.4, 0.5) is 4.79 Å². The lowest BCUT2D eigenvalue weighted by Crippen LogP contribution is -2.61. The van der Waals surface area contributed by atoms with Crippen LogP contribution in [0.5, 0.6) is 0 Å². The number of ketones is 1. The SMILES string of the molecule is CC[C@H]1OC(=O)[C@H](C)[C@H]2OCC3COC(C)(C[C@@H](C)C(=O)[C@H](C)[C@@H]4N(C/C3=N/OCc3cccc(-c5cccnc5Cl)n3)C(=O)OC41C)[C@H](O[C@@H]1O[C@H](C)C[C@H](N(C)C)[C@H]1O)[C@H]2C. The molecule has 0 radical (unpaired) electrons. The molecule has 15 atom stereocenters. The number of likely N-dealkylation sites (N-methyl/N-ethyl adjacent to an activating group) is 1. The Morgan fingerprint density at radius 2 is 1.81 bits per heavy atom. The summed E-state index contributed by atoms with van der Waals surface area (Å²) in [5.74, 6) is -4.15. The topological polar surface area (TPSA) is 181 Å². The summed E-state index contributed by atoms with van der Waals surface area (Å²) in [7, 11) is 3.82. The number of esters is 1. The van der Waals surface area contributed by atoms with Gasteiger partial charge in [0.15, 0.2) is 18.5 Å². The van der Waals surface area contributed by atoms with Gasteiger partial charge in [-0.2, -0.15) is 0 Å². The van der Waals surface area contributed by atoms with Crippen LogP contribution in [-0.2, 0) is 49.5 Å². The number of ether oxygens (including phenoxy) is 6. The van der Waals surface area contributed by atoms with Crippen LogP contribution >= 0.6 is 11.6 Å². The molecule has 5 fully saturated rings. The zero-order valence-corrected chi connectivity index (χ0v) is 38.8. The van der Waals surface area contributed by atoms with Crippen LogP contribution < -0.4 is 0 Å². The predicted octanol–water partition coefficient (Wildman–Crippen LogP) is 5.70. The van der Waals surface area contributed by atoms with Crippen molar-refractivity contribution in [3.63, 3.8) is 0 Å². The van der Waals surface area contributed by atoms with E-state index in [1.807, 2.05) is 71.8 Å². The maximum absolute atomic E-state index is 14.9. The van der Waals surface area contributed by atoms with Gasteiger partial charge in [0.25, 0.3) is 0 Å². The Bertz CT molecular complexity index is 2030. The fourth-order valence-electron chi connectivity index (χ4n) is 10.7. The Labute approximate surface area is 375 Å². The zero-order valence-electron chi connectivity index (χ0n) is 38.1. The van der Waals surface area contributed by atoms with Crippen molar-refractivity contribution in [2.75, 3.05) is 33.9 Å². The van der Waals surface area contributed by atoms with Crippen LogP contribution in [-0.4, -0.2) is 142 Å². The number of hydrogen-bond acceptors (Lipinski definition) is 15. The van der Waals surface area contributed by atoms with Crippen LogP contribution in [0.25, 0.3) is 11.3 Å². The smallest absolute Gasteiger partial charge is 0.411 e. The normalized spacial score (nSPS) is 39.6. The third-order valence-electron chi connectivity index (χ3n) is 14.0. The second-order valence-electron chi connectivity index (χ2n) is 18.9. The van der Waals surface area contributed by atoms with Gasteiger partial charge in [0.2, 0.25) is 0 Å². The number of Topliss-reactive ketones (excluding diaryl/α,β-unsaturated/α-hetero) is 1. The standard InChI is InChI=1S/C46H64ClN5O11/c1-11-35-46(8)39-26(4)36(53)24(2)19-45(7)40(62-43-37(54)34(51(9)10)18-25(3)60-43)27(5)38(28(6)42(55)61-35)57-21-29(22-58-45)33(20-52(39)44(56)63-46)50-59-23-30-14-12-16-32(49-30)31-15-13-17-48-41(31)47/h12-17,24-29,34-35,37-40,43,54H,11,18-23H2,1-10H3/b50-33-/t24-,25-,26+,27+,28-,29?,34+,35-,37-,38+,39+,40-,43+,45?,46?/m1/s1. The highest BCUT2D eigenvalue weighted by Crippen LogP contribution is 2.45. The minimum absolute atomic E-state index is 0.00767. The molecule has 2 aromatic rings. The summed E-state index contributed by atoms with van der Waals surface area (Å²) in [5, 5.41) is 16.8. The highest BCUT2D eigenvalue weighted by molar-refractivity contribution is 6.32. The molecule has 17 heteroatoms. The van der Waals surface area contributed by atoms with Crippen LogP contribution in [0.15, 0.2) is 41.7 Å². The monoisotopic (exact) mass is 897 g/mol. The van der Waals surface area contributed by atoms with Crippen LogP contribution in [0.2, 0.25) is 5.15 Å². The van der Waals surface area contributed by atoms with E-state index < -0.39 is 89.6 Å². The lowest BCUT2D eigenvalue weighted by Gasteiger charge is -2.48. The molecule has 7 rings (SSSR count). The summed E-state index contributed by atoms with van der Waals surface area (Å²) in [6.45, 7) is 14.7. The Morgan fingerprint density at radius 3 is 2.52 bits per heavy atom. The van der Waals surface area contributed by atoms with Gasteiger partial charge in [-0.05, 0) is 85.3 Å². The highest BCUT2D eigenvalue weighted by atomic mass is 35.5. The summed E-state index contributed by atoms with van der Waals surface area (Å²) in [6, 6.07) is 7.96. The minimum atomic E-state index is -1.42. The van der Waals surface area contributed by atoms with E-state index in [1.165, 1.54) is 4.90 Å². The molecule has 2 aromatic heterocycles. The first kappa shape index (κ1) is 47.2. The number of oxime groups is 1. The number of pyridine rings is 2. The van der Waals surface area contributed by atoms with E-state index in [0.29, 0.717) is 40.7 Å². The minimum Gasteiger partial charge on any atom is -0.458 e. The highest BCUT2D eigenvalue weighted by Gasteiger charge is 2.61. The van der Waals surface area contributed by atoms with Gasteiger partial charge in [-0.15, -0.1) is 0 Å². The van der Waals surface area contributed by atoms with Gasteiger partial charge >= 0.3 is 12.1 Å². The van der Waals surface area contributed by atoms with E-state index in [2.05, 4.69) is 4.98 Å². The molecule has 5 aliphatic heterocycles. The van der Waals surface area contributed by atoms with Crippen molar-refractivity contribution >= 4 is 35.2 Å². The number of aliphatic hydroxyl groups is 1. The summed E-state index contributed by atoms with van der Waals surface area (Å²) in [4.78, 5) is 62.2. The first-order chi connectivity index (χ1) is 29.9. The number of aliphatic hydroxyl groups excluding tert-OH is 1. The fraction of sp³-hybridized carbons (Fsp3) is 0.696. The molecule has 7 heterocycles. The number of rotatable bonds is 8. The lowest BCUT2D eigenvalue weighted by atomic mass is 9.73. The third kappa shape index (κ3) is 9.36. The molecule has 1 N–H and O–H groups in total. The van der Waals surface area contributed by atoms with Gasteiger partial charge in [-0.1, -0.05) is 50.5 Å². The number of aromatic nitrogens is 2. The molecule has 0 aliphatic carbocycles. The Hall–Kier alpha value is -3.77. The number of cyclic esters (lactones) is 1. The second kappa shape index (κ2) is 19.0. The lowest BCUT2D eigenvalue weighted by molar-refractivity contribution is -0.302. The number of fused-ring (bicyclic) bond motifs is 5. The van der Waals surface area contributed by atoms with Crippen molar-refractivity contribution in [2.24, 2.45) is 34.7 Å². The molecule has 16 nitrogen and oxygen atoms in total. The molecular formula is C46H64ClN5O11. The van der Waals surface area contributed by atoms with E-state index in [1.54, 1.807) is 39.1 Å². The molecule has 6 bridgehead atoms. The summed E-state index contributed by atoms with van der Waals surface area (Å²) in [6.07, 6.45) is -2.92. The molecule has 0 saturated carbocycles. The molecule has 5 saturated heterocycles. The number of amides is 1. The number of hydrogen-bond donors (Lipinski definition) is 1. The summed E-state index contributed by atoms with van der Waals surface area (Å²) < 4.78 is 39.9. The van der Waals surface area contributed by atoms with Crippen LogP contribution in [0.1, 0.15) is 80.3 Å².